The second-order valence-electron chi connectivity index (χ2n) is 8.00. The van der Waals surface area contributed by atoms with E-state index in [4.69, 9.17) is 20.9 Å². The number of hydrogen-bond acceptors (Lipinski definition) is 8. The number of hydrogen-bond donors (Lipinski definition) is 2. The Hall–Kier alpha value is -4.40. The molecular weight excluding hydrogens is 430 g/mol. The zero-order valence-corrected chi connectivity index (χ0v) is 18.6. The first-order chi connectivity index (χ1) is 16.6. The van der Waals surface area contributed by atoms with Gasteiger partial charge >= 0.3 is 0 Å². The number of nitrogens with two attached hydrogens (primary N) is 2. The minimum absolute atomic E-state index is 0.347. The molecule has 0 atom stereocenters. The number of fused-ring (bicyclic) bond motifs is 2. The van der Waals surface area contributed by atoms with Gasteiger partial charge in [-0.2, -0.15) is 0 Å². The van der Waals surface area contributed by atoms with Crippen LogP contribution in [0.1, 0.15) is 18.5 Å². The molecule has 2 aromatic carbocycles. The van der Waals surface area contributed by atoms with Crippen LogP contribution in [0.3, 0.4) is 0 Å². The molecule has 0 aliphatic carbocycles. The average Bonchev–Trinajstić information content (AvgIpc) is 3.30. The Morgan fingerprint density at radius 1 is 0.735 bits per heavy atom. The number of aromatic nitrogens is 5. The van der Waals surface area contributed by atoms with E-state index in [9.17, 15) is 0 Å². The molecule has 5 rings (SSSR count). The van der Waals surface area contributed by atoms with Crippen molar-refractivity contribution in [3.8, 4) is 11.5 Å². The number of pyridine rings is 2. The van der Waals surface area contributed by atoms with Gasteiger partial charge in [0, 0.05) is 17.3 Å². The molecule has 0 aliphatic rings. The minimum atomic E-state index is 0.347. The van der Waals surface area contributed by atoms with E-state index in [1.165, 1.54) is 0 Å². The SMILES string of the molecule is Nc1ccc2cc(OCCCCn3cc(COc4ccc5nc(N)ccc5c4)nn3)ccc2n1. The van der Waals surface area contributed by atoms with E-state index in [2.05, 4.69) is 20.3 Å². The highest BCUT2D eigenvalue weighted by Crippen LogP contribution is 2.22. The van der Waals surface area contributed by atoms with Crippen LogP contribution in [0.25, 0.3) is 21.8 Å². The van der Waals surface area contributed by atoms with Gasteiger partial charge in [-0.05, 0) is 73.5 Å². The summed E-state index contributed by atoms with van der Waals surface area (Å²) in [5.74, 6) is 2.59. The maximum atomic E-state index is 5.88. The average molecular weight is 456 g/mol. The minimum Gasteiger partial charge on any atom is -0.494 e. The lowest BCUT2D eigenvalue weighted by Gasteiger charge is -2.07. The van der Waals surface area contributed by atoms with Gasteiger partial charge in [0.25, 0.3) is 0 Å². The maximum absolute atomic E-state index is 5.88. The first kappa shape index (κ1) is 21.4. The summed E-state index contributed by atoms with van der Waals surface area (Å²) in [5.41, 5.74) is 13.9. The summed E-state index contributed by atoms with van der Waals surface area (Å²) in [6.45, 7) is 1.74. The molecule has 4 N–H and O–H groups in total. The lowest BCUT2D eigenvalue weighted by molar-refractivity contribution is 0.301. The molecule has 0 amide bonds. The van der Waals surface area contributed by atoms with Crippen LogP contribution in [0.15, 0.2) is 66.9 Å². The van der Waals surface area contributed by atoms with E-state index in [-0.39, 0.29) is 0 Å². The Bertz CT molecular complexity index is 1430. The van der Waals surface area contributed by atoms with Gasteiger partial charge in [0.1, 0.15) is 35.4 Å². The number of rotatable bonds is 9. The van der Waals surface area contributed by atoms with Gasteiger partial charge in [0.15, 0.2) is 0 Å². The van der Waals surface area contributed by atoms with E-state index in [1.807, 2.05) is 59.4 Å². The lowest BCUT2D eigenvalue weighted by atomic mass is 10.2. The monoisotopic (exact) mass is 455 g/mol. The normalized spacial score (nSPS) is 11.2. The van der Waals surface area contributed by atoms with Crippen LogP contribution in [0.4, 0.5) is 11.6 Å². The summed E-state index contributed by atoms with van der Waals surface area (Å²) in [5, 5.41) is 10.4. The molecule has 0 bridgehead atoms. The first-order valence-corrected chi connectivity index (χ1v) is 11.1. The fourth-order valence-corrected chi connectivity index (χ4v) is 3.66. The number of nitrogens with zero attached hydrogens (tertiary/aromatic N) is 5. The second kappa shape index (κ2) is 9.62. The van der Waals surface area contributed by atoms with Gasteiger partial charge in [-0.3, -0.25) is 4.68 Å². The van der Waals surface area contributed by atoms with Crippen molar-refractivity contribution in [3.05, 3.63) is 72.6 Å². The van der Waals surface area contributed by atoms with Gasteiger partial charge in [-0.15, -0.1) is 5.10 Å². The Labute approximate surface area is 196 Å². The number of ether oxygens (including phenoxy) is 2. The van der Waals surface area contributed by atoms with E-state index in [0.29, 0.717) is 24.8 Å². The van der Waals surface area contributed by atoms with Crippen LogP contribution in [0.2, 0.25) is 0 Å². The van der Waals surface area contributed by atoms with Crippen molar-refractivity contribution in [1.29, 1.82) is 0 Å². The second-order valence-corrected chi connectivity index (χ2v) is 8.00. The molecule has 0 saturated heterocycles. The van der Waals surface area contributed by atoms with Crippen LogP contribution in [-0.4, -0.2) is 31.6 Å². The number of nitrogen functional groups attached to an aromatic ring is 2. The van der Waals surface area contributed by atoms with Crippen LogP contribution in [0, 0.1) is 0 Å². The Balaban J connectivity index is 1.06. The fourth-order valence-electron chi connectivity index (χ4n) is 3.66. The molecule has 0 spiro atoms. The third kappa shape index (κ3) is 5.15. The van der Waals surface area contributed by atoms with E-state index >= 15 is 0 Å². The molecule has 3 aromatic heterocycles. The smallest absolute Gasteiger partial charge is 0.134 e. The van der Waals surface area contributed by atoms with Gasteiger partial charge < -0.3 is 20.9 Å². The Kier molecular flexibility index (Phi) is 6.07. The van der Waals surface area contributed by atoms with Crippen LogP contribution >= 0.6 is 0 Å². The molecule has 0 fully saturated rings. The largest absolute Gasteiger partial charge is 0.494 e. The molecule has 34 heavy (non-hydrogen) atoms. The maximum Gasteiger partial charge on any atom is 0.134 e. The Morgan fingerprint density at radius 2 is 1.38 bits per heavy atom. The third-order valence-electron chi connectivity index (χ3n) is 5.39. The summed E-state index contributed by atoms with van der Waals surface area (Å²) in [6.07, 6.45) is 3.74. The van der Waals surface area contributed by atoms with E-state index in [1.54, 1.807) is 12.1 Å². The van der Waals surface area contributed by atoms with Crippen molar-refractivity contribution in [2.24, 2.45) is 0 Å². The van der Waals surface area contributed by atoms with Gasteiger partial charge in [-0.25, -0.2) is 9.97 Å². The van der Waals surface area contributed by atoms with E-state index < -0.39 is 0 Å². The topological polar surface area (TPSA) is 127 Å². The quantitative estimate of drug-likeness (QED) is 0.320. The zero-order chi connectivity index (χ0) is 23.3. The number of anilines is 2. The van der Waals surface area contributed by atoms with Crippen molar-refractivity contribution in [3.63, 3.8) is 0 Å². The van der Waals surface area contributed by atoms with Crippen LogP contribution in [-0.2, 0) is 13.2 Å². The molecule has 172 valence electrons. The highest BCUT2D eigenvalue weighted by molar-refractivity contribution is 5.82. The summed E-state index contributed by atoms with van der Waals surface area (Å²) < 4.78 is 13.6. The number of unbranched alkanes of at least 4 members (excludes halogenated alkanes) is 1. The molecule has 0 aliphatic heterocycles. The summed E-state index contributed by atoms with van der Waals surface area (Å²) in [4.78, 5) is 8.59. The fraction of sp³-hybridized carbons (Fsp3) is 0.200. The zero-order valence-electron chi connectivity index (χ0n) is 18.6. The molecule has 0 saturated carbocycles. The number of benzene rings is 2. The first-order valence-electron chi connectivity index (χ1n) is 11.1. The van der Waals surface area contributed by atoms with Crippen LogP contribution in [0.5, 0.6) is 11.5 Å². The molecule has 5 aromatic rings. The van der Waals surface area contributed by atoms with E-state index in [0.717, 1.165) is 58.4 Å². The summed E-state index contributed by atoms with van der Waals surface area (Å²) in [7, 11) is 0. The van der Waals surface area contributed by atoms with Gasteiger partial charge in [-0.1, -0.05) is 5.21 Å². The van der Waals surface area contributed by atoms with Crippen molar-refractivity contribution in [2.45, 2.75) is 26.0 Å². The van der Waals surface area contributed by atoms with Crippen molar-refractivity contribution < 1.29 is 9.47 Å². The molecule has 0 radical (unpaired) electrons. The van der Waals surface area contributed by atoms with Gasteiger partial charge in [0.05, 0.1) is 23.8 Å². The Morgan fingerprint density at radius 3 is 2.06 bits per heavy atom. The molecule has 3 heterocycles. The predicted molar refractivity (Wildman–Crippen MR) is 131 cm³/mol. The standard InChI is InChI=1S/C25H25N7O2/c26-24-9-3-17-13-20(5-7-22(17)28-24)33-12-2-1-11-32-15-19(30-31-32)16-34-21-6-8-23-18(14-21)4-10-25(27)29-23/h3-10,13-15H,1-2,11-12,16H2,(H2,26,28)(H2,27,29). The molecule has 0 unspecified atom stereocenters. The summed E-state index contributed by atoms with van der Waals surface area (Å²) >= 11 is 0. The predicted octanol–water partition coefficient (Wildman–Crippen LogP) is 3.98. The molecule has 9 nitrogen and oxygen atoms in total. The third-order valence-corrected chi connectivity index (χ3v) is 5.39. The highest BCUT2D eigenvalue weighted by atomic mass is 16.5. The summed E-state index contributed by atoms with van der Waals surface area (Å²) in [6, 6.07) is 19.0. The molecule has 9 heteroatoms. The van der Waals surface area contributed by atoms with Crippen molar-refractivity contribution in [2.75, 3.05) is 18.1 Å². The van der Waals surface area contributed by atoms with Crippen molar-refractivity contribution in [1.82, 2.24) is 25.0 Å². The van der Waals surface area contributed by atoms with Gasteiger partial charge in [0.2, 0.25) is 0 Å². The number of aryl methyl sites for hydroxylation is 1. The lowest BCUT2D eigenvalue weighted by Crippen LogP contribution is -2.03. The van der Waals surface area contributed by atoms with Crippen LogP contribution < -0.4 is 20.9 Å². The van der Waals surface area contributed by atoms with Crippen molar-refractivity contribution >= 4 is 33.4 Å². The molecular formula is C25H25N7O2. The highest BCUT2D eigenvalue weighted by Gasteiger charge is 2.05.